The summed E-state index contributed by atoms with van der Waals surface area (Å²) in [6.07, 6.45) is 1.61. The third-order valence-electron chi connectivity index (χ3n) is 4.19. The van der Waals surface area contributed by atoms with Gasteiger partial charge in [-0.1, -0.05) is 44.2 Å². The summed E-state index contributed by atoms with van der Waals surface area (Å²) in [5.74, 6) is 0.974. The average Bonchev–Trinajstić information content (AvgIpc) is 2.55. The summed E-state index contributed by atoms with van der Waals surface area (Å²) in [7, 11) is 0. The highest BCUT2D eigenvalue weighted by Crippen LogP contribution is 2.25. The molecule has 3 heteroatoms. The minimum absolute atomic E-state index is 0.0421. The number of ether oxygens (including phenoxy) is 1. The largest absolute Gasteiger partial charge is 0.493 e. The first-order valence-electron chi connectivity index (χ1n) is 8.45. The van der Waals surface area contributed by atoms with E-state index in [1.54, 1.807) is 0 Å². The zero-order valence-electron chi connectivity index (χ0n) is 15.1. The lowest BCUT2D eigenvalue weighted by atomic mass is 9.87. The smallest absolute Gasteiger partial charge is 0.230 e. The third kappa shape index (κ3) is 5.12. The predicted molar refractivity (Wildman–Crippen MR) is 99.5 cm³/mol. The molecule has 0 atom stereocenters. The minimum Gasteiger partial charge on any atom is -0.493 e. The Bertz CT molecular complexity index is 677. The first kappa shape index (κ1) is 18.1. The van der Waals surface area contributed by atoms with E-state index >= 15 is 0 Å². The van der Waals surface area contributed by atoms with Gasteiger partial charge in [0.2, 0.25) is 5.91 Å². The Morgan fingerprint density at radius 3 is 2.50 bits per heavy atom. The van der Waals surface area contributed by atoms with Crippen LogP contribution in [-0.2, 0) is 4.79 Å². The maximum absolute atomic E-state index is 12.4. The standard InChI is InChI=1S/C21H27NO2/c1-16-11-12-17(2)19(15-16)24-14-8-13-21(3,4)20(23)22-18-9-6-5-7-10-18/h5-7,9-12,15H,8,13-14H2,1-4H3,(H,22,23). The maximum atomic E-state index is 12.4. The van der Waals surface area contributed by atoms with Gasteiger partial charge in [0.05, 0.1) is 6.61 Å². The number of benzene rings is 2. The van der Waals surface area contributed by atoms with Gasteiger partial charge in [0.1, 0.15) is 5.75 Å². The van der Waals surface area contributed by atoms with Gasteiger partial charge in [-0.2, -0.15) is 0 Å². The minimum atomic E-state index is -0.430. The Labute approximate surface area is 145 Å². The summed E-state index contributed by atoms with van der Waals surface area (Å²) in [5, 5.41) is 2.98. The zero-order chi connectivity index (χ0) is 17.6. The molecule has 0 heterocycles. The van der Waals surface area contributed by atoms with Gasteiger partial charge in [-0.25, -0.2) is 0 Å². The van der Waals surface area contributed by atoms with Crippen molar-refractivity contribution in [2.24, 2.45) is 5.41 Å². The van der Waals surface area contributed by atoms with Gasteiger partial charge in [-0.15, -0.1) is 0 Å². The number of para-hydroxylation sites is 1. The number of nitrogens with one attached hydrogen (secondary N) is 1. The number of anilines is 1. The molecule has 2 aromatic carbocycles. The number of rotatable bonds is 7. The Morgan fingerprint density at radius 1 is 1.08 bits per heavy atom. The molecule has 24 heavy (non-hydrogen) atoms. The zero-order valence-corrected chi connectivity index (χ0v) is 15.1. The van der Waals surface area contributed by atoms with E-state index in [4.69, 9.17) is 4.74 Å². The summed E-state index contributed by atoms with van der Waals surface area (Å²) in [6, 6.07) is 15.8. The number of hydrogen-bond donors (Lipinski definition) is 1. The number of carbonyl (C=O) groups excluding carboxylic acids is 1. The van der Waals surface area contributed by atoms with E-state index in [0.29, 0.717) is 6.61 Å². The second-order valence-electron chi connectivity index (χ2n) is 6.92. The highest BCUT2D eigenvalue weighted by molar-refractivity contribution is 5.94. The molecule has 0 unspecified atom stereocenters. The number of carbonyl (C=O) groups is 1. The molecule has 0 aliphatic carbocycles. The van der Waals surface area contributed by atoms with E-state index in [1.165, 1.54) is 5.56 Å². The fraction of sp³-hybridized carbons (Fsp3) is 0.381. The lowest BCUT2D eigenvalue weighted by molar-refractivity contribution is -0.124. The summed E-state index contributed by atoms with van der Waals surface area (Å²) in [5.41, 5.74) is 2.74. The molecular weight excluding hydrogens is 298 g/mol. The Kier molecular flexibility index (Phi) is 6.02. The van der Waals surface area contributed by atoms with Crippen molar-refractivity contribution in [3.63, 3.8) is 0 Å². The second kappa shape index (κ2) is 8.00. The van der Waals surface area contributed by atoms with E-state index in [1.807, 2.05) is 51.1 Å². The molecule has 0 radical (unpaired) electrons. The van der Waals surface area contributed by atoms with Crippen molar-refractivity contribution in [2.75, 3.05) is 11.9 Å². The van der Waals surface area contributed by atoms with E-state index in [2.05, 4.69) is 30.4 Å². The maximum Gasteiger partial charge on any atom is 0.230 e. The molecule has 0 saturated carbocycles. The molecule has 0 fully saturated rings. The van der Waals surface area contributed by atoms with Crippen molar-refractivity contribution in [1.82, 2.24) is 0 Å². The van der Waals surface area contributed by atoms with Gasteiger partial charge in [0.15, 0.2) is 0 Å². The number of hydrogen-bond acceptors (Lipinski definition) is 2. The average molecular weight is 325 g/mol. The first-order chi connectivity index (χ1) is 11.4. The fourth-order valence-electron chi connectivity index (χ4n) is 2.49. The van der Waals surface area contributed by atoms with Crippen molar-refractivity contribution in [2.45, 2.75) is 40.5 Å². The van der Waals surface area contributed by atoms with E-state index in [9.17, 15) is 4.79 Å². The fourth-order valence-corrected chi connectivity index (χ4v) is 2.49. The van der Waals surface area contributed by atoms with Crippen molar-refractivity contribution in [3.05, 3.63) is 59.7 Å². The predicted octanol–water partition coefficient (Wildman–Crippen LogP) is 5.13. The molecule has 128 valence electrons. The van der Waals surface area contributed by atoms with Crippen LogP contribution < -0.4 is 10.1 Å². The molecule has 2 rings (SSSR count). The third-order valence-corrected chi connectivity index (χ3v) is 4.19. The van der Waals surface area contributed by atoms with Gasteiger partial charge >= 0.3 is 0 Å². The van der Waals surface area contributed by atoms with Crippen molar-refractivity contribution >= 4 is 11.6 Å². The van der Waals surface area contributed by atoms with Crippen LogP contribution in [-0.4, -0.2) is 12.5 Å². The van der Waals surface area contributed by atoms with Crippen LogP contribution in [0.15, 0.2) is 48.5 Å². The van der Waals surface area contributed by atoms with Crippen LogP contribution in [0.1, 0.15) is 37.8 Å². The van der Waals surface area contributed by atoms with Crippen LogP contribution in [0.4, 0.5) is 5.69 Å². The second-order valence-corrected chi connectivity index (χ2v) is 6.92. The van der Waals surface area contributed by atoms with Crippen molar-refractivity contribution in [3.8, 4) is 5.75 Å². The molecule has 0 bridgehead atoms. The van der Waals surface area contributed by atoms with Gasteiger partial charge < -0.3 is 10.1 Å². The Morgan fingerprint density at radius 2 is 1.79 bits per heavy atom. The molecule has 1 amide bonds. The summed E-state index contributed by atoms with van der Waals surface area (Å²) < 4.78 is 5.88. The molecule has 0 saturated heterocycles. The molecule has 0 spiro atoms. The Hall–Kier alpha value is -2.29. The normalized spacial score (nSPS) is 11.2. The number of aryl methyl sites for hydroxylation is 2. The van der Waals surface area contributed by atoms with Gasteiger partial charge in [0.25, 0.3) is 0 Å². The van der Waals surface area contributed by atoms with Crippen LogP contribution in [0.2, 0.25) is 0 Å². The molecule has 2 aromatic rings. The van der Waals surface area contributed by atoms with E-state index in [0.717, 1.165) is 29.8 Å². The highest BCUT2D eigenvalue weighted by Gasteiger charge is 2.27. The molecule has 0 aliphatic heterocycles. The van der Waals surface area contributed by atoms with Crippen LogP contribution in [0.5, 0.6) is 5.75 Å². The van der Waals surface area contributed by atoms with Crippen LogP contribution in [0.3, 0.4) is 0 Å². The molecule has 1 N–H and O–H groups in total. The summed E-state index contributed by atoms with van der Waals surface area (Å²) in [6.45, 7) is 8.67. The van der Waals surface area contributed by atoms with Crippen LogP contribution in [0, 0.1) is 19.3 Å². The Balaban J connectivity index is 1.81. The quantitative estimate of drug-likeness (QED) is 0.717. The molecule has 0 aliphatic rings. The SMILES string of the molecule is Cc1ccc(C)c(OCCCC(C)(C)C(=O)Nc2ccccc2)c1. The van der Waals surface area contributed by atoms with Crippen LogP contribution in [0.25, 0.3) is 0 Å². The molecule has 3 nitrogen and oxygen atoms in total. The van der Waals surface area contributed by atoms with Crippen molar-refractivity contribution < 1.29 is 9.53 Å². The van der Waals surface area contributed by atoms with E-state index < -0.39 is 5.41 Å². The van der Waals surface area contributed by atoms with Gasteiger partial charge in [-0.3, -0.25) is 4.79 Å². The lowest BCUT2D eigenvalue weighted by Crippen LogP contribution is -2.31. The lowest BCUT2D eigenvalue weighted by Gasteiger charge is -2.23. The summed E-state index contributed by atoms with van der Waals surface area (Å²) in [4.78, 5) is 12.4. The topological polar surface area (TPSA) is 38.3 Å². The van der Waals surface area contributed by atoms with Gasteiger partial charge in [0, 0.05) is 11.1 Å². The molecular formula is C21H27NO2. The van der Waals surface area contributed by atoms with Crippen molar-refractivity contribution in [1.29, 1.82) is 0 Å². The highest BCUT2D eigenvalue weighted by atomic mass is 16.5. The first-order valence-corrected chi connectivity index (χ1v) is 8.45. The summed E-state index contributed by atoms with van der Waals surface area (Å²) >= 11 is 0. The number of amides is 1. The monoisotopic (exact) mass is 325 g/mol. The van der Waals surface area contributed by atoms with E-state index in [-0.39, 0.29) is 5.91 Å². The van der Waals surface area contributed by atoms with Crippen LogP contribution >= 0.6 is 0 Å². The van der Waals surface area contributed by atoms with Gasteiger partial charge in [-0.05, 0) is 56.0 Å². The molecule has 0 aromatic heterocycles.